The maximum atomic E-state index is 11.9. The number of allylic oxidation sites excluding steroid dienone is 6. The highest BCUT2D eigenvalue weighted by atomic mass is 16.6. The molecule has 0 amide bonds. The van der Waals surface area contributed by atoms with Crippen LogP contribution in [0.25, 0.3) is 0 Å². The molecule has 4 nitrogen and oxygen atoms in total. The summed E-state index contributed by atoms with van der Waals surface area (Å²) in [6, 6.07) is 0. The van der Waals surface area contributed by atoms with E-state index in [1.54, 1.807) is 0 Å². The highest BCUT2D eigenvalue weighted by Gasteiger charge is 2.33. The van der Waals surface area contributed by atoms with Gasteiger partial charge in [-0.05, 0) is 63.5 Å². The SMILES string of the molecule is CC(=O)OC1/C(C(C)C)=C\C=C(/C)CC/C=C(\C)CC/C=C(\C)[C@H]1OC(C)=O. The Bertz CT molecular complexity index is 677. The lowest BCUT2D eigenvalue weighted by Gasteiger charge is -2.31. The van der Waals surface area contributed by atoms with E-state index in [-0.39, 0.29) is 17.9 Å². The summed E-state index contributed by atoms with van der Waals surface area (Å²) in [7, 11) is 0. The number of carbonyl (C=O) groups excluding carboxylic acids is 2. The summed E-state index contributed by atoms with van der Waals surface area (Å²) >= 11 is 0. The third-order valence-corrected chi connectivity index (χ3v) is 4.90. The Morgan fingerprint density at radius 2 is 1.39 bits per heavy atom. The number of hydrogen-bond acceptors (Lipinski definition) is 4. The lowest BCUT2D eigenvalue weighted by molar-refractivity contribution is -0.160. The molecular formula is C24H36O4. The minimum absolute atomic E-state index is 0.134. The van der Waals surface area contributed by atoms with Gasteiger partial charge in [0.05, 0.1) is 0 Å². The van der Waals surface area contributed by atoms with Gasteiger partial charge in [0.2, 0.25) is 0 Å². The quantitative estimate of drug-likeness (QED) is 0.450. The number of ether oxygens (including phenoxy) is 2. The van der Waals surface area contributed by atoms with E-state index in [2.05, 4.69) is 45.9 Å². The maximum absolute atomic E-state index is 11.9. The highest BCUT2D eigenvalue weighted by Crippen LogP contribution is 2.27. The van der Waals surface area contributed by atoms with Crippen LogP contribution >= 0.6 is 0 Å². The van der Waals surface area contributed by atoms with Gasteiger partial charge in [0, 0.05) is 13.8 Å². The molecule has 0 fully saturated rings. The fourth-order valence-electron chi connectivity index (χ4n) is 3.29. The number of esters is 2. The van der Waals surface area contributed by atoms with Crippen LogP contribution in [-0.4, -0.2) is 24.1 Å². The fourth-order valence-corrected chi connectivity index (χ4v) is 3.29. The third-order valence-electron chi connectivity index (χ3n) is 4.90. The summed E-state index contributed by atoms with van der Waals surface area (Å²) in [4.78, 5) is 23.7. The number of hydrogen-bond donors (Lipinski definition) is 0. The molecule has 0 saturated heterocycles. The molecule has 0 aromatic rings. The largest absolute Gasteiger partial charge is 0.454 e. The normalized spacial score (nSPS) is 29.7. The third kappa shape index (κ3) is 8.28. The van der Waals surface area contributed by atoms with Crippen molar-refractivity contribution in [3.63, 3.8) is 0 Å². The van der Waals surface area contributed by atoms with E-state index >= 15 is 0 Å². The van der Waals surface area contributed by atoms with Gasteiger partial charge < -0.3 is 9.47 Å². The molecule has 2 atom stereocenters. The molecule has 1 aliphatic rings. The predicted molar refractivity (Wildman–Crippen MR) is 114 cm³/mol. The average Bonchev–Trinajstić information content (AvgIpc) is 2.57. The Balaban J connectivity index is 3.51. The molecule has 28 heavy (non-hydrogen) atoms. The smallest absolute Gasteiger partial charge is 0.303 e. The van der Waals surface area contributed by atoms with E-state index in [0.29, 0.717) is 0 Å². The zero-order valence-corrected chi connectivity index (χ0v) is 18.5. The summed E-state index contributed by atoms with van der Waals surface area (Å²) in [5.41, 5.74) is 4.46. The van der Waals surface area contributed by atoms with Crippen LogP contribution in [-0.2, 0) is 19.1 Å². The van der Waals surface area contributed by atoms with Crippen molar-refractivity contribution in [1.29, 1.82) is 0 Å². The molecule has 156 valence electrons. The van der Waals surface area contributed by atoms with E-state index in [1.807, 2.05) is 13.0 Å². The molecule has 1 unspecified atom stereocenters. The van der Waals surface area contributed by atoms with E-state index in [1.165, 1.54) is 25.0 Å². The zero-order chi connectivity index (χ0) is 21.3. The first-order chi connectivity index (χ1) is 13.1. The first kappa shape index (κ1) is 23.9. The number of rotatable bonds is 3. The van der Waals surface area contributed by atoms with E-state index in [4.69, 9.17) is 9.47 Å². The second-order valence-corrected chi connectivity index (χ2v) is 7.97. The Morgan fingerprint density at radius 3 is 1.96 bits per heavy atom. The molecular weight excluding hydrogens is 352 g/mol. The molecule has 0 spiro atoms. The van der Waals surface area contributed by atoms with Gasteiger partial charge >= 0.3 is 11.9 Å². The molecule has 0 heterocycles. The second kappa shape index (κ2) is 11.7. The van der Waals surface area contributed by atoms with Gasteiger partial charge in [-0.1, -0.05) is 49.3 Å². The van der Waals surface area contributed by atoms with Gasteiger partial charge in [-0.3, -0.25) is 9.59 Å². The first-order valence-corrected chi connectivity index (χ1v) is 10.2. The molecule has 0 radical (unpaired) electrons. The van der Waals surface area contributed by atoms with Crippen molar-refractivity contribution in [2.45, 2.75) is 86.4 Å². The molecule has 1 aliphatic carbocycles. The summed E-state index contributed by atoms with van der Waals surface area (Å²) < 4.78 is 11.3. The van der Waals surface area contributed by atoms with Crippen molar-refractivity contribution in [3.05, 3.63) is 46.6 Å². The fraction of sp³-hybridized carbons (Fsp3) is 0.583. The second-order valence-electron chi connectivity index (χ2n) is 7.97. The van der Waals surface area contributed by atoms with Crippen LogP contribution < -0.4 is 0 Å². The Labute approximate surface area is 170 Å². The average molecular weight is 389 g/mol. The molecule has 0 N–H and O–H groups in total. The van der Waals surface area contributed by atoms with Crippen molar-refractivity contribution in [1.82, 2.24) is 0 Å². The van der Waals surface area contributed by atoms with Crippen LogP contribution in [0.5, 0.6) is 0 Å². The standard InChI is InChI=1S/C24H36O4/c1-16(2)22-15-14-18(4)11-8-10-17(3)12-9-13-19(5)23(27-20(6)25)24(22)28-21(7)26/h10,13-16,23-24H,8-9,11-12H2,1-7H3/b17-10+,18-14+,19-13+,22-15-/t23-,24?/m1/s1. The summed E-state index contributed by atoms with van der Waals surface area (Å²) in [6.07, 6.45) is 11.1. The molecule has 0 aromatic heterocycles. The Morgan fingerprint density at radius 1 is 0.857 bits per heavy atom. The van der Waals surface area contributed by atoms with Crippen molar-refractivity contribution in [3.8, 4) is 0 Å². The summed E-state index contributed by atoms with van der Waals surface area (Å²) in [5, 5.41) is 0. The Hall–Kier alpha value is -2.10. The zero-order valence-electron chi connectivity index (χ0n) is 18.5. The van der Waals surface area contributed by atoms with Gasteiger partial charge in [-0.25, -0.2) is 0 Å². The van der Waals surface area contributed by atoms with Gasteiger partial charge in [-0.2, -0.15) is 0 Å². The minimum Gasteiger partial charge on any atom is -0.454 e. The molecule has 0 aliphatic heterocycles. The first-order valence-electron chi connectivity index (χ1n) is 10.2. The Kier molecular flexibility index (Phi) is 9.98. The number of carbonyl (C=O) groups is 2. The molecule has 0 aromatic carbocycles. The van der Waals surface area contributed by atoms with E-state index < -0.39 is 12.2 Å². The van der Waals surface area contributed by atoms with Crippen LogP contribution in [0.1, 0.15) is 74.1 Å². The van der Waals surface area contributed by atoms with Crippen molar-refractivity contribution >= 4 is 11.9 Å². The van der Waals surface area contributed by atoms with Crippen LogP contribution in [0.3, 0.4) is 0 Å². The van der Waals surface area contributed by atoms with Gasteiger partial charge in [0.25, 0.3) is 0 Å². The van der Waals surface area contributed by atoms with Crippen LogP contribution in [0, 0.1) is 5.92 Å². The van der Waals surface area contributed by atoms with Crippen LogP contribution in [0.4, 0.5) is 0 Å². The van der Waals surface area contributed by atoms with Crippen molar-refractivity contribution < 1.29 is 19.1 Å². The summed E-state index contributed by atoms with van der Waals surface area (Å²) in [6.45, 7) is 13.1. The lowest BCUT2D eigenvalue weighted by atomic mass is 9.89. The monoisotopic (exact) mass is 388 g/mol. The minimum atomic E-state index is -0.638. The molecule has 4 heteroatoms. The highest BCUT2D eigenvalue weighted by molar-refractivity contribution is 5.68. The molecule has 1 rings (SSSR count). The lowest BCUT2D eigenvalue weighted by Crippen LogP contribution is -2.38. The van der Waals surface area contributed by atoms with Gasteiger partial charge in [0.1, 0.15) is 0 Å². The van der Waals surface area contributed by atoms with Crippen molar-refractivity contribution in [2.24, 2.45) is 5.92 Å². The van der Waals surface area contributed by atoms with E-state index in [0.717, 1.165) is 36.8 Å². The van der Waals surface area contributed by atoms with E-state index in [9.17, 15) is 9.59 Å². The predicted octanol–water partition coefficient (Wildman–Crippen LogP) is 5.85. The van der Waals surface area contributed by atoms with Gasteiger partial charge in [0.15, 0.2) is 12.2 Å². The summed E-state index contributed by atoms with van der Waals surface area (Å²) in [5.74, 6) is -0.640. The maximum Gasteiger partial charge on any atom is 0.303 e. The molecule has 0 bridgehead atoms. The van der Waals surface area contributed by atoms with Gasteiger partial charge in [-0.15, -0.1) is 0 Å². The molecule has 0 saturated carbocycles. The van der Waals surface area contributed by atoms with Crippen molar-refractivity contribution in [2.75, 3.05) is 0 Å². The van der Waals surface area contributed by atoms with Crippen LogP contribution in [0.15, 0.2) is 46.6 Å². The topological polar surface area (TPSA) is 52.6 Å². The van der Waals surface area contributed by atoms with Crippen LogP contribution in [0.2, 0.25) is 0 Å².